The number of rotatable bonds is 5. The fourth-order valence-electron chi connectivity index (χ4n) is 2.05. The molecule has 0 fully saturated rings. The summed E-state index contributed by atoms with van der Waals surface area (Å²) in [4.78, 5) is 23.5. The molecule has 0 saturated carbocycles. The van der Waals surface area contributed by atoms with Gasteiger partial charge in [-0.3, -0.25) is 14.3 Å². The molecular weight excluding hydrogens is 304 g/mol. The highest BCUT2D eigenvalue weighted by Gasteiger charge is 2.17. The first-order chi connectivity index (χ1) is 10.4. The fraction of sp³-hybridized carbons (Fsp3) is 0.267. The summed E-state index contributed by atoms with van der Waals surface area (Å²) in [6, 6.07) is 8.31. The number of halogens is 1. The Balaban J connectivity index is 2.07. The summed E-state index contributed by atoms with van der Waals surface area (Å²) in [6.45, 7) is 1.42. The average Bonchev–Trinajstić information content (AvgIpc) is 2.83. The van der Waals surface area contributed by atoms with Gasteiger partial charge in [-0.2, -0.15) is 5.10 Å². The molecule has 1 aromatic heterocycles. The molecule has 7 heteroatoms. The summed E-state index contributed by atoms with van der Waals surface area (Å²) >= 11 is 5.86. The van der Waals surface area contributed by atoms with Crippen molar-refractivity contribution in [1.29, 1.82) is 0 Å². The topological polar surface area (TPSA) is 76.0 Å². The van der Waals surface area contributed by atoms with Gasteiger partial charge in [-0.25, -0.2) is 0 Å². The number of carbonyl (C=O) groups excluding carboxylic acids is 2. The Morgan fingerprint density at radius 1 is 1.27 bits per heavy atom. The van der Waals surface area contributed by atoms with E-state index in [4.69, 9.17) is 11.6 Å². The number of hydrogen-bond donors (Lipinski definition) is 2. The molecule has 2 aromatic rings. The van der Waals surface area contributed by atoms with E-state index in [2.05, 4.69) is 15.7 Å². The van der Waals surface area contributed by atoms with Gasteiger partial charge in [0.15, 0.2) is 5.82 Å². The lowest BCUT2D eigenvalue weighted by atomic mass is 10.0. The van der Waals surface area contributed by atoms with Gasteiger partial charge in [0.25, 0.3) is 0 Å². The second-order valence-electron chi connectivity index (χ2n) is 4.93. The molecular formula is C15H17ClN4O2. The van der Waals surface area contributed by atoms with Crippen LogP contribution in [0.5, 0.6) is 0 Å². The molecule has 1 atom stereocenters. The Morgan fingerprint density at radius 3 is 2.50 bits per heavy atom. The third-order valence-electron chi connectivity index (χ3n) is 3.02. The lowest BCUT2D eigenvalue weighted by Gasteiger charge is -2.17. The number of hydrogen-bond acceptors (Lipinski definition) is 3. The highest BCUT2D eigenvalue weighted by atomic mass is 35.5. The molecule has 2 N–H and O–H groups in total. The Hall–Kier alpha value is -2.34. The smallest absolute Gasteiger partial charge is 0.227 e. The molecule has 0 bridgehead atoms. The number of aryl methyl sites for hydroxylation is 1. The molecule has 0 aliphatic rings. The van der Waals surface area contributed by atoms with Crippen molar-refractivity contribution in [2.45, 2.75) is 19.4 Å². The number of benzene rings is 1. The van der Waals surface area contributed by atoms with Crippen molar-refractivity contribution in [3.05, 3.63) is 47.1 Å². The molecule has 2 amide bonds. The minimum absolute atomic E-state index is 0.109. The molecule has 6 nitrogen and oxygen atoms in total. The second kappa shape index (κ2) is 7.09. The highest BCUT2D eigenvalue weighted by molar-refractivity contribution is 6.30. The van der Waals surface area contributed by atoms with Crippen LogP contribution in [0.4, 0.5) is 5.82 Å². The van der Waals surface area contributed by atoms with E-state index in [0.717, 1.165) is 5.56 Å². The quantitative estimate of drug-likeness (QED) is 0.887. The average molecular weight is 321 g/mol. The summed E-state index contributed by atoms with van der Waals surface area (Å²) in [5, 5.41) is 10.2. The zero-order valence-electron chi connectivity index (χ0n) is 12.3. The van der Waals surface area contributed by atoms with Crippen molar-refractivity contribution >= 4 is 29.2 Å². The molecule has 0 saturated heterocycles. The van der Waals surface area contributed by atoms with Crippen LogP contribution in [0.25, 0.3) is 0 Å². The standard InChI is InChI=1S/C15H17ClN4O2/c1-10(21)17-13(11-3-5-12(16)6-4-11)9-15(22)18-14-7-8-20(2)19-14/h3-8,13H,9H2,1-2H3,(H,17,21)(H,18,19,22)/t13-/m0/s1. The van der Waals surface area contributed by atoms with Gasteiger partial charge in [-0.15, -0.1) is 0 Å². The zero-order valence-corrected chi connectivity index (χ0v) is 13.1. The SMILES string of the molecule is CC(=O)N[C@@H](CC(=O)Nc1ccn(C)n1)c1ccc(Cl)cc1. The maximum absolute atomic E-state index is 12.1. The molecule has 0 spiro atoms. The number of amides is 2. The van der Waals surface area contributed by atoms with Gasteiger partial charge in [0.05, 0.1) is 12.5 Å². The van der Waals surface area contributed by atoms with Crippen LogP contribution in [0.3, 0.4) is 0 Å². The van der Waals surface area contributed by atoms with E-state index in [1.54, 1.807) is 48.3 Å². The molecule has 0 unspecified atom stereocenters. The van der Waals surface area contributed by atoms with Gasteiger partial charge < -0.3 is 10.6 Å². The predicted octanol–water partition coefficient (Wildman–Crippen LogP) is 2.28. The monoisotopic (exact) mass is 320 g/mol. The Labute approximate surface area is 133 Å². The largest absolute Gasteiger partial charge is 0.349 e. The number of nitrogens with one attached hydrogen (secondary N) is 2. The highest BCUT2D eigenvalue weighted by Crippen LogP contribution is 2.20. The van der Waals surface area contributed by atoms with Crippen molar-refractivity contribution in [2.75, 3.05) is 5.32 Å². The Kier molecular flexibility index (Phi) is 5.16. The minimum atomic E-state index is -0.418. The first-order valence-corrected chi connectivity index (χ1v) is 7.14. The van der Waals surface area contributed by atoms with E-state index >= 15 is 0 Å². The molecule has 22 heavy (non-hydrogen) atoms. The van der Waals surface area contributed by atoms with E-state index < -0.39 is 6.04 Å². The first kappa shape index (κ1) is 16.0. The van der Waals surface area contributed by atoms with E-state index in [-0.39, 0.29) is 18.2 Å². The number of aromatic nitrogens is 2. The Morgan fingerprint density at radius 2 is 1.95 bits per heavy atom. The summed E-state index contributed by atoms with van der Waals surface area (Å²) in [7, 11) is 1.77. The van der Waals surface area contributed by atoms with Gasteiger partial charge in [-0.1, -0.05) is 23.7 Å². The van der Waals surface area contributed by atoms with Crippen LogP contribution in [0, 0.1) is 0 Å². The second-order valence-corrected chi connectivity index (χ2v) is 5.37. The van der Waals surface area contributed by atoms with E-state index in [9.17, 15) is 9.59 Å². The molecule has 0 radical (unpaired) electrons. The van der Waals surface area contributed by atoms with Crippen LogP contribution < -0.4 is 10.6 Å². The minimum Gasteiger partial charge on any atom is -0.349 e. The van der Waals surface area contributed by atoms with Crippen molar-refractivity contribution < 1.29 is 9.59 Å². The van der Waals surface area contributed by atoms with Crippen molar-refractivity contribution in [1.82, 2.24) is 15.1 Å². The van der Waals surface area contributed by atoms with E-state index in [1.807, 2.05) is 0 Å². The summed E-state index contributed by atoms with van der Waals surface area (Å²) in [5.41, 5.74) is 0.816. The first-order valence-electron chi connectivity index (χ1n) is 6.76. The molecule has 1 heterocycles. The maximum atomic E-state index is 12.1. The van der Waals surface area contributed by atoms with Crippen LogP contribution in [0.15, 0.2) is 36.5 Å². The summed E-state index contributed by atoms with van der Waals surface area (Å²) in [6.07, 6.45) is 1.85. The maximum Gasteiger partial charge on any atom is 0.227 e. The molecule has 0 aliphatic carbocycles. The van der Waals surface area contributed by atoms with Crippen molar-refractivity contribution in [2.24, 2.45) is 7.05 Å². The van der Waals surface area contributed by atoms with Gasteiger partial charge in [-0.05, 0) is 17.7 Å². The summed E-state index contributed by atoms with van der Waals surface area (Å²) in [5.74, 6) is 0.0446. The number of nitrogens with zero attached hydrogens (tertiary/aromatic N) is 2. The molecule has 0 aliphatic heterocycles. The fourth-order valence-corrected chi connectivity index (χ4v) is 2.18. The van der Waals surface area contributed by atoms with Crippen molar-refractivity contribution in [3.8, 4) is 0 Å². The molecule has 116 valence electrons. The third kappa shape index (κ3) is 4.60. The van der Waals surface area contributed by atoms with Gasteiger partial charge in [0.1, 0.15) is 0 Å². The van der Waals surface area contributed by atoms with Crippen LogP contribution in [-0.2, 0) is 16.6 Å². The predicted molar refractivity (Wildman–Crippen MR) is 84.5 cm³/mol. The Bertz CT molecular complexity index is 666. The zero-order chi connectivity index (χ0) is 16.1. The summed E-state index contributed by atoms with van der Waals surface area (Å²) < 4.78 is 1.60. The third-order valence-corrected chi connectivity index (χ3v) is 3.27. The molecule has 2 rings (SSSR count). The van der Waals surface area contributed by atoms with Crippen LogP contribution >= 0.6 is 11.6 Å². The lowest BCUT2D eigenvalue weighted by Crippen LogP contribution is -2.29. The van der Waals surface area contributed by atoms with E-state index in [0.29, 0.717) is 10.8 Å². The lowest BCUT2D eigenvalue weighted by molar-refractivity contribution is -0.120. The van der Waals surface area contributed by atoms with Crippen LogP contribution in [0.2, 0.25) is 5.02 Å². The van der Waals surface area contributed by atoms with E-state index in [1.165, 1.54) is 6.92 Å². The molecule has 1 aromatic carbocycles. The number of carbonyl (C=O) groups is 2. The van der Waals surface area contributed by atoms with Crippen LogP contribution in [0.1, 0.15) is 24.9 Å². The van der Waals surface area contributed by atoms with Gasteiger partial charge >= 0.3 is 0 Å². The van der Waals surface area contributed by atoms with Gasteiger partial charge in [0, 0.05) is 31.3 Å². The number of anilines is 1. The normalized spacial score (nSPS) is 11.8. The van der Waals surface area contributed by atoms with Crippen molar-refractivity contribution in [3.63, 3.8) is 0 Å². The van der Waals surface area contributed by atoms with Crippen LogP contribution in [-0.4, -0.2) is 21.6 Å². The van der Waals surface area contributed by atoms with Gasteiger partial charge in [0.2, 0.25) is 11.8 Å².